The highest BCUT2D eigenvalue weighted by Crippen LogP contribution is 2.19. The van der Waals surface area contributed by atoms with Crippen molar-refractivity contribution in [3.05, 3.63) is 70.3 Å². The second-order valence-electron chi connectivity index (χ2n) is 5.67. The van der Waals surface area contributed by atoms with Crippen molar-refractivity contribution in [2.75, 3.05) is 11.6 Å². The molecule has 0 spiro atoms. The normalized spacial score (nSPS) is 11.4. The second-order valence-corrected chi connectivity index (χ2v) is 8.10. The summed E-state index contributed by atoms with van der Waals surface area (Å²) in [5, 5.41) is 9.89. The first kappa shape index (κ1) is 19.0. The Kier molecular flexibility index (Phi) is 5.24. The number of rotatable bonds is 5. The largest absolute Gasteiger partial charge is 0.407 e. The zero-order chi connectivity index (χ0) is 19.6. The highest BCUT2D eigenvalue weighted by atomic mass is 35.5. The Hall–Kier alpha value is -2.78. The molecular formula is C17H13ClFN3O4S. The van der Waals surface area contributed by atoms with E-state index in [1.54, 1.807) is 12.1 Å². The van der Waals surface area contributed by atoms with Crippen molar-refractivity contribution in [1.29, 1.82) is 0 Å². The highest BCUT2D eigenvalue weighted by molar-refractivity contribution is 7.90. The first-order valence-electron chi connectivity index (χ1n) is 7.60. The number of sulfone groups is 1. The monoisotopic (exact) mass is 409 g/mol. The van der Waals surface area contributed by atoms with Gasteiger partial charge in [0.1, 0.15) is 5.82 Å². The van der Waals surface area contributed by atoms with Crippen molar-refractivity contribution < 1.29 is 22.0 Å². The summed E-state index contributed by atoms with van der Waals surface area (Å²) in [6, 6.07) is 9.49. The number of carbonyl (C=O) groups is 1. The molecule has 1 aromatic heterocycles. The zero-order valence-corrected chi connectivity index (χ0v) is 15.5. The zero-order valence-electron chi connectivity index (χ0n) is 13.9. The standard InChI is InChI=1S/C17H13ClFN3O4S/c1-27(24,25)12-5-2-10(3-6-12)8-15-21-22-17(26-15)20-16(23)13-7-4-11(19)9-14(13)18/h2-7,9H,8H2,1H3,(H,20,22,23). The molecule has 10 heteroatoms. The average molecular weight is 410 g/mol. The minimum atomic E-state index is -3.27. The fourth-order valence-corrected chi connectivity index (χ4v) is 3.13. The molecule has 0 radical (unpaired) electrons. The number of anilines is 1. The van der Waals surface area contributed by atoms with Gasteiger partial charge in [0.25, 0.3) is 5.91 Å². The minimum Gasteiger partial charge on any atom is -0.407 e. The number of carbonyl (C=O) groups excluding carboxylic acids is 1. The maximum Gasteiger partial charge on any atom is 0.322 e. The minimum absolute atomic E-state index is 0.0433. The van der Waals surface area contributed by atoms with Crippen molar-refractivity contribution in [2.24, 2.45) is 0 Å². The molecule has 0 saturated carbocycles. The predicted octanol–water partition coefficient (Wildman–Crippen LogP) is 3.11. The van der Waals surface area contributed by atoms with Gasteiger partial charge < -0.3 is 4.42 Å². The number of hydrogen-bond donors (Lipinski definition) is 1. The molecule has 0 unspecified atom stereocenters. The number of benzene rings is 2. The first-order valence-corrected chi connectivity index (χ1v) is 9.87. The molecule has 0 aliphatic heterocycles. The lowest BCUT2D eigenvalue weighted by Crippen LogP contribution is -2.12. The van der Waals surface area contributed by atoms with E-state index < -0.39 is 21.6 Å². The number of hydrogen-bond acceptors (Lipinski definition) is 6. The molecule has 3 rings (SSSR count). The Balaban J connectivity index is 1.68. The van der Waals surface area contributed by atoms with Crippen LogP contribution in [0.15, 0.2) is 51.8 Å². The number of halogens is 2. The van der Waals surface area contributed by atoms with Crippen LogP contribution in [0.2, 0.25) is 5.02 Å². The fraction of sp³-hybridized carbons (Fsp3) is 0.118. The lowest BCUT2D eigenvalue weighted by atomic mass is 10.1. The third-order valence-electron chi connectivity index (χ3n) is 3.57. The summed E-state index contributed by atoms with van der Waals surface area (Å²) in [7, 11) is -3.27. The maximum absolute atomic E-state index is 13.0. The van der Waals surface area contributed by atoms with Gasteiger partial charge in [-0.1, -0.05) is 28.8 Å². The van der Waals surface area contributed by atoms with Crippen molar-refractivity contribution in [3.8, 4) is 0 Å². The van der Waals surface area contributed by atoms with Gasteiger partial charge in [-0.2, -0.15) is 0 Å². The summed E-state index contributed by atoms with van der Waals surface area (Å²) in [5.41, 5.74) is 0.819. The van der Waals surface area contributed by atoms with Crippen LogP contribution in [0.1, 0.15) is 21.8 Å². The lowest BCUT2D eigenvalue weighted by Gasteiger charge is -2.03. The van der Waals surface area contributed by atoms with E-state index in [1.807, 2.05) is 0 Å². The van der Waals surface area contributed by atoms with Crippen LogP contribution in [0.3, 0.4) is 0 Å². The van der Waals surface area contributed by atoms with Crippen LogP contribution in [-0.2, 0) is 16.3 Å². The van der Waals surface area contributed by atoms with Gasteiger partial charge in [0.15, 0.2) is 9.84 Å². The van der Waals surface area contributed by atoms with Crippen molar-refractivity contribution in [3.63, 3.8) is 0 Å². The molecule has 2 aromatic carbocycles. The summed E-state index contributed by atoms with van der Waals surface area (Å²) in [6.45, 7) is 0. The molecule has 0 aliphatic rings. The van der Waals surface area contributed by atoms with Gasteiger partial charge >= 0.3 is 6.01 Å². The molecule has 1 N–H and O–H groups in total. The molecule has 0 saturated heterocycles. The van der Waals surface area contributed by atoms with E-state index >= 15 is 0 Å². The molecule has 3 aromatic rings. The molecule has 0 bridgehead atoms. The van der Waals surface area contributed by atoms with Crippen LogP contribution >= 0.6 is 11.6 Å². The number of nitrogens with one attached hydrogen (secondary N) is 1. The Morgan fingerprint density at radius 1 is 1.19 bits per heavy atom. The van der Waals surface area contributed by atoms with Crippen LogP contribution in [0.25, 0.3) is 0 Å². The van der Waals surface area contributed by atoms with E-state index in [0.717, 1.165) is 24.0 Å². The quantitative estimate of drug-likeness (QED) is 0.694. The summed E-state index contributed by atoms with van der Waals surface area (Å²) < 4.78 is 41.3. The van der Waals surface area contributed by atoms with Gasteiger partial charge in [-0.15, -0.1) is 5.10 Å². The van der Waals surface area contributed by atoms with Crippen LogP contribution in [-0.4, -0.2) is 30.8 Å². The molecule has 7 nitrogen and oxygen atoms in total. The lowest BCUT2D eigenvalue weighted by molar-refractivity contribution is 0.102. The van der Waals surface area contributed by atoms with Crippen molar-refractivity contribution in [2.45, 2.75) is 11.3 Å². The van der Waals surface area contributed by atoms with E-state index in [9.17, 15) is 17.6 Å². The van der Waals surface area contributed by atoms with E-state index in [-0.39, 0.29) is 33.8 Å². The number of nitrogens with zero attached hydrogens (tertiary/aromatic N) is 2. The predicted molar refractivity (Wildman–Crippen MR) is 96.0 cm³/mol. The number of aromatic nitrogens is 2. The van der Waals surface area contributed by atoms with Crippen molar-refractivity contribution in [1.82, 2.24) is 10.2 Å². The Morgan fingerprint density at radius 3 is 2.52 bits per heavy atom. The molecule has 27 heavy (non-hydrogen) atoms. The Labute approximate surface area is 159 Å². The summed E-state index contributed by atoms with van der Waals surface area (Å²) in [4.78, 5) is 12.4. The van der Waals surface area contributed by atoms with E-state index in [0.29, 0.717) is 0 Å². The fourth-order valence-electron chi connectivity index (χ4n) is 2.24. The Bertz CT molecular complexity index is 1100. The van der Waals surface area contributed by atoms with Gasteiger partial charge in [0.05, 0.1) is 21.9 Å². The Morgan fingerprint density at radius 2 is 1.89 bits per heavy atom. The molecular weight excluding hydrogens is 397 g/mol. The summed E-state index contributed by atoms with van der Waals surface area (Å²) in [5.74, 6) is -0.950. The van der Waals surface area contributed by atoms with Crippen molar-refractivity contribution >= 4 is 33.4 Å². The molecule has 1 heterocycles. The third-order valence-corrected chi connectivity index (χ3v) is 5.01. The smallest absolute Gasteiger partial charge is 0.322 e. The maximum atomic E-state index is 13.0. The highest BCUT2D eigenvalue weighted by Gasteiger charge is 2.15. The van der Waals surface area contributed by atoms with Crippen LogP contribution in [0.4, 0.5) is 10.4 Å². The average Bonchev–Trinajstić information content (AvgIpc) is 3.01. The van der Waals surface area contributed by atoms with E-state index in [1.165, 1.54) is 18.2 Å². The van der Waals surface area contributed by atoms with Gasteiger partial charge in [0, 0.05) is 6.26 Å². The van der Waals surface area contributed by atoms with Gasteiger partial charge in [0.2, 0.25) is 5.89 Å². The van der Waals surface area contributed by atoms with Crippen LogP contribution in [0.5, 0.6) is 0 Å². The molecule has 0 atom stereocenters. The molecule has 140 valence electrons. The van der Waals surface area contributed by atoms with Crippen LogP contribution < -0.4 is 5.32 Å². The third kappa shape index (κ3) is 4.69. The van der Waals surface area contributed by atoms with E-state index in [2.05, 4.69) is 15.5 Å². The van der Waals surface area contributed by atoms with Gasteiger partial charge in [-0.3, -0.25) is 10.1 Å². The van der Waals surface area contributed by atoms with Gasteiger partial charge in [-0.05, 0) is 35.9 Å². The van der Waals surface area contributed by atoms with Gasteiger partial charge in [-0.25, -0.2) is 12.8 Å². The first-order chi connectivity index (χ1) is 12.7. The summed E-state index contributed by atoms with van der Waals surface area (Å²) >= 11 is 5.84. The topological polar surface area (TPSA) is 102 Å². The SMILES string of the molecule is CS(=O)(=O)c1ccc(Cc2nnc(NC(=O)c3ccc(F)cc3Cl)o2)cc1. The van der Waals surface area contributed by atoms with E-state index in [4.69, 9.17) is 16.0 Å². The molecule has 1 amide bonds. The second kappa shape index (κ2) is 7.45. The number of amides is 1. The summed E-state index contributed by atoms with van der Waals surface area (Å²) in [6.07, 6.45) is 1.38. The van der Waals surface area contributed by atoms with Crippen LogP contribution in [0, 0.1) is 5.82 Å². The molecule has 0 fully saturated rings. The molecule has 0 aliphatic carbocycles.